The van der Waals surface area contributed by atoms with E-state index in [2.05, 4.69) is 0 Å². The molecule has 0 bridgehead atoms. The zero-order valence-electron chi connectivity index (χ0n) is 5.05. The number of aliphatic hydroxyl groups excluding tert-OH is 1. The van der Waals surface area contributed by atoms with Crippen molar-refractivity contribution in [3.05, 3.63) is 0 Å². The minimum Gasteiger partial charge on any atom is -0.550 e. The Morgan fingerprint density at radius 1 is 1.88 bits per heavy atom. The van der Waals surface area contributed by atoms with Gasteiger partial charge in [-0.3, -0.25) is 0 Å². The molecule has 0 rings (SSSR count). The number of carbonyl (C=O) groups is 1. The maximum atomic E-state index is 9.54. The predicted molar refractivity (Wildman–Crippen MR) is 21.3 cm³/mol. The number of carbonyl (C=O) groups excluding carboxylic acids is 1. The summed E-state index contributed by atoms with van der Waals surface area (Å²) in [6.45, 7) is 1.40. The molecule has 8 heavy (non-hydrogen) atoms. The number of hydrogen-bond donors (Lipinski definition) is 1. The number of rotatable bonds is 2. The van der Waals surface area contributed by atoms with Crippen LogP contribution in [0.25, 0.3) is 0 Å². The van der Waals surface area contributed by atoms with Gasteiger partial charge in [0, 0.05) is 12.4 Å². The van der Waals surface area contributed by atoms with Gasteiger partial charge in [0.2, 0.25) is 0 Å². The van der Waals surface area contributed by atoms with Crippen LogP contribution in [0.4, 0.5) is 0 Å². The molecule has 0 radical (unpaired) electrons. The molecule has 0 saturated heterocycles. The van der Waals surface area contributed by atoms with Crippen molar-refractivity contribution >= 4 is 5.97 Å². The molecule has 0 heterocycles. The molecule has 0 aromatic heterocycles. The molecule has 1 N–H and O–H groups in total. The molecule has 0 aliphatic carbocycles. The third kappa shape index (κ3) is 10.1. The van der Waals surface area contributed by atoms with E-state index >= 15 is 0 Å². The van der Waals surface area contributed by atoms with Gasteiger partial charge in [0.25, 0.3) is 0 Å². The molecule has 0 amide bonds. The summed E-state index contributed by atoms with van der Waals surface area (Å²) in [5.74, 6) is -1.21. The maximum Gasteiger partial charge on any atom is 1.00 e. The van der Waals surface area contributed by atoms with E-state index in [9.17, 15) is 9.90 Å². The molecule has 0 fully saturated rings. The Morgan fingerprint density at radius 3 is 2.25 bits per heavy atom. The van der Waals surface area contributed by atoms with Gasteiger partial charge in [0.05, 0.1) is 6.10 Å². The van der Waals surface area contributed by atoms with Crippen molar-refractivity contribution in [3.63, 3.8) is 0 Å². The Hall–Kier alpha value is 1.07. The normalized spacial score (nSPS) is 11.8. The van der Waals surface area contributed by atoms with Gasteiger partial charge >= 0.3 is 51.4 Å². The zero-order chi connectivity index (χ0) is 5.86. The average molecular weight is 142 g/mol. The summed E-state index contributed by atoms with van der Waals surface area (Å²) in [7, 11) is 0. The van der Waals surface area contributed by atoms with E-state index in [1.807, 2.05) is 0 Å². The summed E-state index contributed by atoms with van der Waals surface area (Å²) in [5, 5.41) is 17.8. The Kier molecular flexibility index (Phi) is 9.14. The Morgan fingerprint density at radius 2 is 2.25 bits per heavy atom. The minimum absolute atomic E-state index is 0. The second-order valence-corrected chi connectivity index (χ2v) is 1.43. The first-order valence-corrected chi connectivity index (χ1v) is 2.01. The molecule has 0 saturated carbocycles. The van der Waals surface area contributed by atoms with Crippen molar-refractivity contribution in [3.8, 4) is 0 Å². The van der Waals surface area contributed by atoms with Crippen molar-refractivity contribution in [1.82, 2.24) is 0 Å². The predicted octanol–water partition coefficient (Wildman–Crippen LogP) is -4.49. The second kappa shape index (κ2) is 6.19. The average Bonchev–Trinajstić information content (AvgIpc) is 1.27. The van der Waals surface area contributed by atoms with Crippen molar-refractivity contribution in [2.24, 2.45) is 0 Å². The zero-order valence-corrected chi connectivity index (χ0v) is 8.17. The first-order chi connectivity index (χ1) is 3.13. The molecule has 0 aliphatic rings. The summed E-state index contributed by atoms with van der Waals surface area (Å²) >= 11 is 0. The summed E-state index contributed by atoms with van der Waals surface area (Å²) in [6.07, 6.45) is -1.06. The van der Waals surface area contributed by atoms with Crippen LogP contribution < -0.4 is 56.5 Å². The first kappa shape index (κ1) is 11.8. The van der Waals surface area contributed by atoms with Crippen molar-refractivity contribution in [2.45, 2.75) is 19.4 Å². The van der Waals surface area contributed by atoms with Gasteiger partial charge in [-0.2, -0.15) is 0 Å². The molecule has 0 aromatic rings. The largest absolute Gasteiger partial charge is 1.00 e. The molecular weight excluding hydrogens is 135 g/mol. The standard InChI is InChI=1S/C4H8O3.K/c1-3(5)2-4(6)7;/h3,5H,2H2,1H3,(H,6,7);/q;+1/p-1/t3-;/m0./s1. The van der Waals surface area contributed by atoms with Gasteiger partial charge in [-0.1, -0.05) is 0 Å². The maximum absolute atomic E-state index is 9.54. The van der Waals surface area contributed by atoms with E-state index < -0.39 is 12.1 Å². The molecular formula is C4H7KO3. The topological polar surface area (TPSA) is 60.4 Å². The SMILES string of the molecule is C[C@H](O)CC(=O)[O-].[K+]. The molecule has 4 heteroatoms. The van der Waals surface area contributed by atoms with Crippen LogP contribution >= 0.6 is 0 Å². The van der Waals surface area contributed by atoms with Crippen molar-refractivity contribution in [2.75, 3.05) is 0 Å². The molecule has 0 spiro atoms. The summed E-state index contributed by atoms with van der Waals surface area (Å²) in [4.78, 5) is 9.54. The molecule has 0 aromatic carbocycles. The number of aliphatic hydroxyl groups is 1. The van der Waals surface area contributed by atoms with Gasteiger partial charge in [-0.25, -0.2) is 0 Å². The van der Waals surface area contributed by atoms with Crippen LogP contribution in [0, 0.1) is 0 Å². The number of carboxylic acids is 1. The Labute approximate surface area is 90.5 Å². The van der Waals surface area contributed by atoms with Crippen LogP contribution in [0.3, 0.4) is 0 Å². The van der Waals surface area contributed by atoms with E-state index in [0.29, 0.717) is 0 Å². The summed E-state index contributed by atoms with van der Waals surface area (Å²) in [6, 6.07) is 0. The number of aliphatic carboxylic acids is 1. The van der Waals surface area contributed by atoms with Crippen LogP contribution in [0.1, 0.15) is 13.3 Å². The minimum atomic E-state index is -1.21. The Bertz CT molecular complexity index is 71.7. The molecule has 3 nitrogen and oxygen atoms in total. The van der Waals surface area contributed by atoms with Gasteiger partial charge in [-0.15, -0.1) is 0 Å². The van der Waals surface area contributed by atoms with Crippen LogP contribution in [0.5, 0.6) is 0 Å². The van der Waals surface area contributed by atoms with Gasteiger partial charge in [-0.05, 0) is 6.92 Å². The van der Waals surface area contributed by atoms with Crippen LogP contribution in [-0.2, 0) is 4.79 Å². The van der Waals surface area contributed by atoms with Crippen molar-refractivity contribution in [1.29, 1.82) is 0 Å². The number of carboxylic acid groups (broad SMARTS) is 1. The molecule has 0 unspecified atom stereocenters. The van der Waals surface area contributed by atoms with E-state index in [0.717, 1.165) is 0 Å². The fraction of sp³-hybridized carbons (Fsp3) is 0.750. The second-order valence-electron chi connectivity index (χ2n) is 1.43. The van der Waals surface area contributed by atoms with E-state index in [-0.39, 0.29) is 57.8 Å². The molecule has 0 aliphatic heterocycles. The van der Waals surface area contributed by atoms with Gasteiger partial charge in [0.15, 0.2) is 0 Å². The molecule has 1 atom stereocenters. The molecule has 42 valence electrons. The van der Waals surface area contributed by atoms with E-state index in [1.165, 1.54) is 6.92 Å². The number of hydrogen-bond acceptors (Lipinski definition) is 3. The van der Waals surface area contributed by atoms with Gasteiger partial charge < -0.3 is 15.0 Å². The Balaban J connectivity index is 0. The van der Waals surface area contributed by atoms with E-state index in [4.69, 9.17) is 5.11 Å². The third-order valence-electron chi connectivity index (χ3n) is 0.462. The van der Waals surface area contributed by atoms with Crippen LogP contribution in [-0.4, -0.2) is 17.2 Å². The van der Waals surface area contributed by atoms with Crippen LogP contribution in [0.2, 0.25) is 0 Å². The summed E-state index contributed by atoms with van der Waals surface area (Å²) < 4.78 is 0. The fourth-order valence-corrected chi connectivity index (χ4v) is 0.241. The van der Waals surface area contributed by atoms with Crippen molar-refractivity contribution < 1.29 is 66.4 Å². The monoisotopic (exact) mass is 142 g/mol. The third-order valence-corrected chi connectivity index (χ3v) is 0.462. The van der Waals surface area contributed by atoms with E-state index in [1.54, 1.807) is 0 Å². The smallest absolute Gasteiger partial charge is 0.550 e. The fourth-order valence-electron chi connectivity index (χ4n) is 0.241. The first-order valence-electron chi connectivity index (χ1n) is 2.01. The van der Waals surface area contributed by atoms with Crippen LogP contribution in [0.15, 0.2) is 0 Å². The quantitative estimate of drug-likeness (QED) is 0.395. The summed E-state index contributed by atoms with van der Waals surface area (Å²) in [5.41, 5.74) is 0. The van der Waals surface area contributed by atoms with Gasteiger partial charge in [0.1, 0.15) is 0 Å².